The van der Waals surface area contributed by atoms with Crippen molar-refractivity contribution < 1.29 is 19.8 Å². The molecule has 0 aromatic heterocycles. The van der Waals surface area contributed by atoms with E-state index in [-0.39, 0.29) is 23.7 Å². The number of carbonyl (C=O) groups is 2. The third kappa shape index (κ3) is 1.83. The standard InChI is InChI=1S/C15H18O4/c1-9(7-16)15(19)8-14(3)10(2)12(17)5-4-11(14)6-13(15)18/h4-6,10,16,19H,1,7-8H2,2-3H3. The molecule has 2 N–H and O–H groups in total. The van der Waals surface area contributed by atoms with Gasteiger partial charge in [0.2, 0.25) is 0 Å². The Labute approximate surface area is 112 Å². The van der Waals surface area contributed by atoms with Crippen LogP contribution in [-0.4, -0.2) is 34.0 Å². The van der Waals surface area contributed by atoms with Crippen LogP contribution in [0.25, 0.3) is 0 Å². The first-order valence-electron chi connectivity index (χ1n) is 6.26. The van der Waals surface area contributed by atoms with Crippen LogP contribution in [0.15, 0.2) is 36.0 Å². The molecule has 0 saturated heterocycles. The summed E-state index contributed by atoms with van der Waals surface area (Å²) in [7, 11) is 0. The lowest BCUT2D eigenvalue weighted by molar-refractivity contribution is -0.136. The van der Waals surface area contributed by atoms with Gasteiger partial charge in [-0.15, -0.1) is 0 Å². The molecule has 4 nitrogen and oxygen atoms in total. The first-order chi connectivity index (χ1) is 8.75. The van der Waals surface area contributed by atoms with E-state index in [1.54, 1.807) is 13.0 Å². The minimum absolute atomic E-state index is 0.0223. The number of rotatable bonds is 2. The smallest absolute Gasteiger partial charge is 0.191 e. The van der Waals surface area contributed by atoms with Crippen molar-refractivity contribution in [2.24, 2.45) is 11.3 Å². The van der Waals surface area contributed by atoms with E-state index in [0.717, 1.165) is 5.57 Å². The zero-order chi connectivity index (χ0) is 14.4. The maximum Gasteiger partial charge on any atom is 0.191 e. The minimum atomic E-state index is -1.78. The molecule has 0 bridgehead atoms. The number of ketones is 2. The normalized spacial score (nSPS) is 37.9. The van der Waals surface area contributed by atoms with E-state index in [9.17, 15) is 14.7 Å². The Balaban J connectivity index is 2.55. The second-order valence-corrected chi connectivity index (χ2v) is 5.64. The molecule has 0 aromatic carbocycles. The van der Waals surface area contributed by atoms with Crippen molar-refractivity contribution in [3.05, 3.63) is 36.0 Å². The molecular formula is C15H18O4. The molecule has 3 atom stereocenters. The first kappa shape index (κ1) is 13.9. The zero-order valence-electron chi connectivity index (χ0n) is 11.1. The summed E-state index contributed by atoms with van der Waals surface area (Å²) < 4.78 is 0. The highest BCUT2D eigenvalue weighted by Crippen LogP contribution is 2.50. The highest BCUT2D eigenvalue weighted by atomic mass is 16.3. The monoisotopic (exact) mass is 262 g/mol. The Morgan fingerprint density at radius 1 is 1.47 bits per heavy atom. The molecule has 0 fully saturated rings. The Bertz CT molecular complexity index is 528. The summed E-state index contributed by atoms with van der Waals surface area (Å²) in [5.41, 5.74) is -1.58. The maximum absolute atomic E-state index is 12.1. The number of aliphatic hydroxyl groups is 2. The van der Waals surface area contributed by atoms with Gasteiger partial charge in [-0.2, -0.15) is 0 Å². The van der Waals surface area contributed by atoms with E-state index in [1.807, 2.05) is 6.92 Å². The number of fused-ring (bicyclic) bond motifs is 1. The van der Waals surface area contributed by atoms with Crippen molar-refractivity contribution in [1.29, 1.82) is 0 Å². The zero-order valence-corrected chi connectivity index (χ0v) is 11.1. The average molecular weight is 262 g/mol. The fraction of sp³-hybridized carbons (Fsp3) is 0.467. The molecule has 0 amide bonds. The van der Waals surface area contributed by atoms with E-state index < -0.39 is 23.4 Å². The predicted molar refractivity (Wildman–Crippen MR) is 70.3 cm³/mol. The molecule has 0 aromatic rings. The second-order valence-electron chi connectivity index (χ2n) is 5.64. The topological polar surface area (TPSA) is 74.6 Å². The molecule has 0 spiro atoms. The Hall–Kier alpha value is -1.52. The maximum atomic E-state index is 12.1. The fourth-order valence-electron chi connectivity index (χ4n) is 2.85. The van der Waals surface area contributed by atoms with Gasteiger partial charge in [0.15, 0.2) is 17.2 Å². The highest BCUT2D eigenvalue weighted by Gasteiger charge is 2.52. The van der Waals surface area contributed by atoms with Gasteiger partial charge in [-0.1, -0.05) is 26.5 Å². The van der Waals surface area contributed by atoms with E-state index in [2.05, 4.69) is 6.58 Å². The number of aliphatic hydroxyl groups excluding tert-OH is 1. The van der Waals surface area contributed by atoms with Crippen LogP contribution in [-0.2, 0) is 9.59 Å². The van der Waals surface area contributed by atoms with Crippen LogP contribution in [0.4, 0.5) is 0 Å². The number of carbonyl (C=O) groups excluding carboxylic acids is 2. The van der Waals surface area contributed by atoms with Gasteiger partial charge in [0, 0.05) is 11.3 Å². The van der Waals surface area contributed by atoms with Gasteiger partial charge in [0.1, 0.15) is 0 Å². The summed E-state index contributed by atoms with van der Waals surface area (Å²) in [5, 5.41) is 19.7. The van der Waals surface area contributed by atoms with E-state index >= 15 is 0 Å². The third-order valence-electron chi connectivity index (χ3n) is 4.56. The van der Waals surface area contributed by atoms with Gasteiger partial charge in [-0.05, 0) is 29.7 Å². The van der Waals surface area contributed by atoms with Gasteiger partial charge in [-0.25, -0.2) is 0 Å². The molecule has 2 rings (SSSR count). The molecular weight excluding hydrogens is 244 g/mol. The SMILES string of the molecule is C=C(CO)C1(O)CC2(C)C(=CC1=O)C=CC(=O)C2C. The van der Waals surface area contributed by atoms with Gasteiger partial charge in [0.25, 0.3) is 0 Å². The Morgan fingerprint density at radius 2 is 2.11 bits per heavy atom. The van der Waals surface area contributed by atoms with Crippen molar-refractivity contribution in [3.63, 3.8) is 0 Å². The molecule has 0 heterocycles. The molecule has 2 aliphatic rings. The third-order valence-corrected chi connectivity index (χ3v) is 4.56. The fourth-order valence-corrected chi connectivity index (χ4v) is 2.85. The van der Waals surface area contributed by atoms with Crippen LogP contribution in [0.2, 0.25) is 0 Å². The van der Waals surface area contributed by atoms with Crippen LogP contribution in [0.3, 0.4) is 0 Å². The summed E-state index contributed by atoms with van der Waals surface area (Å²) in [6.07, 6.45) is 4.55. The average Bonchev–Trinajstić information content (AvgIpc) is 2.37. The number of hydrogen-bond acceptors (Lipinski definition) is 4. The van der Waals surface area contributed by atoms with E-state index in [4.69, 9.17) is 5.11 Å². The lowest BCUT2D eigenvalue weighted by Crippen LogP contribution is -2.52. The summed E-state index contributed by atoms with van der Waals surface area (Å²) in [5.74, 6) is -0.828. The van der Waals surface area contributed by atoms with Crippen molar-refractivity contribution in [2.45, 2.75) is 25.9 Å². The van der Waals surface area contributed by atoms with Gasteiger partial charge in [-0.3, -0.25) is 9.59 Å². The number of allylic oxidation sites excluding steroid dienone is 3. The van der Waals surface area contributed by atoms with Crippen LogP contribution in [0.1, 0.15) is 20.3 Å². The van der Waals surface area contributed by atoms with Crippen LogP contribution in [0, 0.1) is 11.3 Å². The molecule has 19 heavy (non-hydrogen) atoms. The minimum Gasteiger partial charge on any atom is -0.392 e. The molecule has 4 heteroatoms. The molecule has 102 valence electrons. The first-order valence-corrected chi connectivity index (χ1v) is 6.26. The lowest BCUT2D eigenvalue weighted by atomic mass is 9.58. The largest absolute Gasteiger partial charge is 0.392 e. The van der Waals surface area contributed by atoms with Crippen molar-refractivity contribution in [2.75, 3.05) is 6.61 Å². The summed E-state index contributed by atoms with van der Waals surface area (Å²) >= 11 is 0. The Morgan fingerprint density at radius 3 is 2.68 bits per heavy atom. The van der Waals surface area contributed by atoms with E-state index in [1.165, 1.54) is 12.2 Å². The lowest BCUT2D eigenvalue weighted by Gasteiger charge is -2.46. The van der Waals surface area contributed by atoms with Crippen LogP contribution < -0.4 is 0 Å². The molecule has 0 aliphatic heterocycles. The van der Waals surface area contributed by atoms with Gasteiger partial charge >= 0.3 is 0 Å². The quantitative estimate of drug-likeness (QED) is 0.726. The second kappa shape index (κ2) is 4.25. The van der Waals surface area contributed by atoms with Crippen molar-refractivity contribution in [1.82, 2.24) is 0 Å². The van der Waals surface area contributed by atoms with Crippen molar-refractivity contribution in [3.8, 4) is 0 Å². The highest BCUT2D eigenvalue weighted by molar-refractivity contribution is 6.03. The van der Waals surface area contributed by atoms with Crippen molar-refractivity contribution >= 4 is 11.6 Å². The summed E-state index contributed by atoms with van der Waals surface area (Å²) in [6.45, 7) is 6.76. The van der Waals surface area contributed by atoms with Crippen LogP contribution in [0.5, 0.6) is 0 Å². The number of hydrogen-bond donors (Lipinski definition) is 2. The Kier molecular flexibility index (Phi) is 3.11. The van der Waals surface area contributed by atoms with Gasteiger partial charge < -0.3 is 10.2 Å². The van der Waals surface area contributed by atoms with Gasteiger partial charge in [0.05, 0.1) is 6.61 Å². The molecule has 0 radical (unpaired) electrons. The molecule has 2 aliphatic carbocycles. The van der Waals surface area contributed by atoms with Crippen LogP contribution >= 0.6 is 0 Å². The summed E-state index contributed by atoms with van der Waals surface area (Å²) in [4.78, 5) is 23.9. The summed E-state index contributed by atoms with van der Waals surface area (Å²) in [6, 6.07) is 0. The molecule has 0 saturated carbocycles. The van der Waals surface area contributed by atoms with E-state index in [0.29, 0.717) is 0 Å². The molecule has 3 unspecified atom stereocenters. The predicted octanol–water partition coefficient (Wildman–Crippen LogP) is 0.946.